The zero-order valence-electron chi connectivity index (χ0n) is 11.7. The highest BCUT2D eigenvalue weighted by molar-refractivity contribution is 5.78. The van der Waals surface area contributed by atoms with Crippen LogP contribution in [0.3, 0.4) is 0 Å². The Labute approximate surface area is 122 Å². The molecular weight excluding hydrogens is 269 g/mol. The molecule has 2 aromatic carbocycles. The fourth-order valence-electron chi connectivity index (χ4n) is 2.49. The molecule has 0 amide bonds. The number of anilines is 1. The van der Waals surface area contributed by atoms with E-state index in [-0.39, 0.29) is 5.82 Å². The van der Waals surface area contributed by atoms with Crippen LogP contribution >= 0.6 is 0 Å². The summed E-state index contributed by atoms with van der Waals surface area (Å²) >= 11 is 0. The Hall–Kier alpha value is -2.56. The molecule has 0 bridgehead atoms. The normalized spacial score (nSPS) is 11.0. The number of ether oxygens (including phenoxy) is 1. The molecule has 0 aliphatic rings. The number of hydrogen-bond acceptors (Lipinski definition) is 3. The Morgan fingerprint density at radius 1 is 1.24 bits per heavy atom. The molecule has 21 heavy (non-hydrogen) atoms. The quantitative estimate of drug-likeness (QED) is 0.801. The predicted molar refractivity (Wildman–Crippen MR) is 80.8 cm³/mol. The lowest BCUT2D eigenvalue weighted by molar-refractivity contribution is 0.408. The van der Waals surface area contributed by atoms with E-state index in [0.717, 1.165) is 17.7 Å². The molecule has 0 fully saturated rings. The van der Waals surface area contributed by atoms with Gasteiger partial charge in [-0.3, -0.25) is 0 Å². The topological polar surface area (TPSA) is 53.1 Å². The first-order chi connectivity index (χ1) is 10.2. The molecule has 0 atom stereocenters. The number of nitrogens with zero attached hydrogens (tertiary/aromatic N) is 2. The van der Waals surface area contributed by atoms with Gasteiger partial charge in [0.1, 0.15) is 11.6 Å². The van der Waals surface area contributed by atoms with Gasteiger partial charge in [-0.2, -0.15) is 0 Å². The molecule has 3 rings (SSSR count). The molecular formula is C16H16FN3O. The molecule has 2 N–H and O–H groups in total. The largest absolute Gasteiger partial charge is 0.496 e. The van der Waals surface area contributed by atoms with Crippen LogP contribution in [0.4, 0.5) is 10.3 Å². The SMILES string of the molecule is COc1ccccc1CCn1c(N)nc2ccc(F)cc21. The summed E-state index contributed by atoms with van der Waals surface area (Å²) in [7, 11) is 1.65. The molecule has 0 radical (unpaired) electrons. The molecule has 0 saturated carbocycles. The van der Waals surface area contributed by atoms with Gasteiger partial charge in [0, 0.05) is 6.54 Å². The third-order valence-corrected chi connectivity index (χ3v) is 3.54. The molecule has 0 saturated heterocycles. The molecule has 5 heteroatoms. The van der Waals surface area contributed by atoms with Crippen LogP contribution in [0.5, 0.6) is 5.75 Å². The van der Waals surface area contributed by atoms with Gasteiger partial charge in [0.2, 0.25) is 5.95 Å². The number of aryl methyl sites for hydroxylation is 2. The van der Waals surface area contributed by atoms with Crippen LogP contribution < -0.4 is 10.5 Å². The van der Waals surface area contributed by atoms with Crippen LogP contribution in [0.25, 0.3) is 11.0 Å². The third-order valence-electron chi connectivity index (χ3n) is 3.54. The van der Waals surface area contributed by atoms with E-state index in [1.54, 1.807) is 13.2 Å². The van der Waals surface area contributed by atoms with Crippen molar-refractivity contribution in [3.63, 3.8) is 0 Å². The average molecular weight is 285 g/mol. The zero-order valence-corrected chi connectivity index (χ0v) is 11.7. The number of methoxy groups -OCH3 is 1. The minimum absolute atomic E-state index is 0.291. The number of halogens is 1. The van der Waals surface area contributed by atoms with Crippen LogP contribution in [0.1, 0.15) is 5.56 Å². The number of fused-ring (bicyclic) bond motifs is 1. The molecule has 0 aliphatic carbocycles. The maximum absolute atomic E-state index is 13.4. The number of para-hydroxylation sites is 1. The highest BCUT2D eigenvalue weighted by Gasteiger charge is 2.10. The Morgan fingerprint density at radius 3 is 2.86 bits per heavy atom. The number of rotatable bonds is 4. The van der Waals surface area contributed by atoms with E-state index < -0.39 is 0 Å². The number of hydrogen-bond donors (Lipinski definition) is 1. The maximum atomic E-state index is 13.4. The Kier molecular flexibility index (Phi) is 3.48. The second-order valence-corrected chi connectivity index (χ2v) is 4.82. The average Bonchev–Trinajstić information content (AvgIpc) is 2.80. The summed E-state index contributed by atoms with van der Waals surface area (Å²) in [5, 5.41) is 0. The summed E-state index contributed by atoms with van der Waals surface area (Å²) in [5.41, 5.74) is 8.43. The summed E-state index contributed by atoms with van der Waals surface area (Å²) in [6, 6.07) is 12.3. The molecule has 1 heterocycles. The number of nitrogens with two attached hydrogens (primary N) is 1. The molecule has 0 aliphatic heterocycles. The van der Waals surface area contributed by atoms with E-state index in [2.05, 4.69) is 4.98 Å². The third kappa shape index (κ3) is 2.54. The van der Waals surface area contributed by atoms with Crippen molar-refractivity contribution in [3.8, 4) is 5.75 Å². The van der Waals surface area contributed by atoms with Gasteiger partial charge in [-0.15, -0.1) is 0 Å². The van der Waals surface area contributed by atoms with E-state index in [4.69, 9.17) is 10.5 Å². The highest BCUT2D eigenvalue weighted by Crippen LogP contribution is 2.22. The fourth-order valence-corrected chi connectivity index (χ4v) is 2.49. The monoisotopic (exact) mass is 285 g/mol. The van der Waals surface area contributed by atoms with E-state index >= 15 is 0 Å². The second-order valence-electron chi connectivity index (χ2n) is 4.82. The molecule has 4 nitrogen and oxygen atoms in total. The second kappa shape index (κ2) is 5.44. The van der Waals surface area contributed by atoms with E-state index in [0.29, 0.717) is 23.5 Å². The van der Waals surface area contributed by atoms with Crippen molar-refractivity contribution >= 4 is 17.0 Å². The van der Waals surface area contributed by atoms with Crippen LogP contribution in [0, 0.1) is 5.82 Å². The van der Waals surface area contributed by atoms with Gasteiger partial charge >= 0.3 is 0 Å². The van der Waals surface area contributed by atoms with Gasteiger partial charge in [-0.1, -0.05) is 18.2 Å². The van der Waals surface area contributed by atoms with Gasteiger partial charge in [0.05, 0.1) is 18.1 Å². The fraction of sp³-hybridized carbons (Fsp3) is 0.188. The van der Waals surface area contributed by atoms with Crippen molar-refractivity contribution in [2.75, 3.05) is 12.8 Å². The van der Waals surface area contributed by atoms with Gasteiger partial charge < -0.3 is 15.0 Å². The Bertz CT molecular complexity index is 782. The summed E-state index contributed by atoms with van der Waals surface area (Å²) < 4.78 is 20.6. The van der Waals surface area contributed by atoms with E-state index in [1.807, 2.05) is 28.8 Å². The number of imidazole rings is 1. The Morgan fingerprint density at radius 2 is 2.05 bits per heavy atom. The number of benzene rings is 2. The van der Waals surface area contributed by atoms with Crippen LogP contribution in [-0.2, 0) is 13.0 Å². The molecule has 108 valence electrons. The lowest BCUT2D eigenvalue weighted by atomic mass is 10.1. The van der Waals surface area contributed by atoms with Crippen molar-refractivity contribution in [1.82, 2.24) is 9.55 Å². The number of aromatic nitrogens is 2. The van der Waals surface area contributed by atoms with Crippen molar-refractivity contribution in [3.05, 3.63) is 53.8 Å². The summed E-state index contributed by atoms with van der Waals surface area (Å²) in [5.74, 6) is 0.943. The molecule has 1 aromatic heterocycles. The standard InChI is InChI=1S/C16H16FN3O/c1-21-15-5-3-2-4-11(15)8-9-20-14-10-12(17)6-7-13(14)19-16(20)18/h2-7,10H,8-9H2,1H3,(H2,18,19). The smallest absolute Gasteiger partial charge is 0.201 e. The minimum atomic E-state index is -0.291. The van der Waals surface area contributed by atoms with Crippen molar-refractivity contribution in [1.29, 1.82) is 0 Å². The first-order valence-electron chi connectivity index (χ1n) is 6.72. The van der Waals surface area contributed by atoms with Crippen molar-refractivity contribution in [2.45, 2.75) is 13.0 Å². The number of nitrogen functional groups attached to an aromatic ring is 1. The lowest BCUT2D eigenvalue weighted by Gasteiger charge is -2.10. The maximum Gasteiger partial charge on any atom is 0.201 e. The zero-order chi connectivity index (χ0) is 14.8. The van der Waals surface area contributed by atoms with Gasteiger partial charge in [0.25, 0.3) is 0 Å². The molecule has 0 spiro atoms. The summed E-state index contributed by atoms with van der Waals surface area (Å²) in [6.07, 6.45) is 0.732. The van der Waals surface area contributed by atoms with Crippen molar-refractivity contribution < 1.29 is 9.13 Å². The highest BCUT2D eigenvalue weighted by atomic mass is 19.1. The first-order valence-corrected chi connectivity index (χ1v) is 6.72. The minimum Gasteiger partial charge on any atom is -0.496 e. The van der Waals surface area contributed by atoms with Gasteiger partial charge in [0.15, 0.2) is 0 Å². The van der Waals surface area contributed by atoms with Gasteiger partial charge in [-0.25, -0.2) is 9.37 Å². The molecule has 0 unspecified atom stereocenters. The van der Waals surface area contributed by atoms with Crippen LogP contribution in [-0.4, -0.2) is 16.7 Å². The van der Waals surface area contributed by atoms with Gasteiger partial charge in [-0.05, 0) is 36.2 Å². The molecule has 3 aromatic rings. The van der Waals surface area contributed by atoms with E-state index in [1.165, 1.54) is 12.1 Å². The lowest BCUT2D eigenvalue weighted by Crippen LogP contribution is -2.06. The van der Waals surface area contributed by atoms with Crippen LogP contribution in [0.2, 0.25) is 0 Å². The summed E-state index contributed by atoms with van der Waals surface area (Å²) in [4.78, 5) is 4.25. The first kappa shape index (κ1) is 13.4. The summed E-state index contributed by atoms with van der Waals surface area (Å²) in [6.45, 7) is 0.617. The predicted octanol–water partition coefficient (Wildman–Crippen LogP) is 3.01. The van der Waals surface area contributed by atoms with Crippen LogP contribution in [0.15, 0.2) is 42.5 Å². The van der Waals surface area contributed by atoms with Crippen molar-refractivity contribution in [2.24, 2.45) is 0 Å². The van der Waals surface area contributed by atoms with E-state index in [9.17, 15) is 4.39 Å². The Balaban J connectivity index is 1.91.